The molecule has 2 aromatic carbocycles. The van der Waals surface area contributed by atoms with Gasteiger partial charge in [0.1, 0.15) is 5.75 Å². The highest BCUT2D eigenvalue weighted by Gasteiger charge is 2.41. The molecule has 26 heavy (non-hydrogen) atoms. The summed E-state index contributed by atoms with van der Waals surface area (Å²) in [6, 6.07) is 17.3. The van der Waals surface area contributed by atoms with Crippen molar-refractivity contribution in [2.24, 2.45) is 5.92 Å². The summed E-state index contributed by atoms with van der Waals surface area (Å²) in [6.07, 6.45) is 2.25. The van der Waals surface area contributed by atoms with Crippen LogP contribution in [0.5, 0.6) is 5.75 Å². The Balaban J connectivity index is 1.99. The molecule has 1 heterocycles. The van der Waals surface area contributed by atoms with Crippen LogP contribution in [0.4, 0.5) is 0 Å². The largest absolute Gasteiger partial charge is 0.497 e. The van der Waals surface area contributed by atoms with Gasteiger partial charge in [0.25, 0.3) is 0 Å². The molecule has 2 atom stereocenters. The quantitative estimate of drug-likeness (QED) is 0.496. The number of alkyl halides is 3. The number of rotatable bonds is 4. The summed E-state index contributed by atoms with van der Waals surface area (Å²) in [4.78, 5) is 12.7. The molecule has 0 radical (unpaired) electrons. The number of carbonyl (C=O) groups is 1. The van der Waals surface area contributed by atoms with Crippen molar-refractivity contribution >= 4 is 40.8 Å². The molecule has 0 unspecified atom stereocenters. The molecule has 0 spiro atoms. The Morgan fingerprint density at radius 1 is 1.04 bits per heavy atom. The fourth-order valence-corrected chi connectivity index (χ4v) is 3.33. The zero-order valence-electron chi connectivity index (χ0n) is 14.0. The van der Waals surface area contributed by atoms with Crippen molar-refractivity contribution in [2.75, 3.05) is 7.11 Å². The van der Waals surface area contributed by atoms with Gasteiger partial charge >= 0.3 is 5.97 Å². The Morgan fingerprint density at radius 3 is 2.27 bits per heavy atom. The Kier molecular flexibility index (Phi) is 5.81. The van der Waals surface area contributed by atoms with E-state index in [0.717, 1.165) is 16.9 Å². The van der Waals surface area contributed by atoms with E-state index in [4.69, 9.17) is 44.3 Å². The first-order valence-corrected chi connectivity index (χ1v) is 9.20. The van der Waals surface area contributed by atoms with Gasteiger partial charge in [0.2, 0.25) is 3.79 Å². The van der Waals surface area contributed by atoms with Crippen molar-refractivity contribution in [2.45, 2.75) is 16.1 Å². The first kappa shape index (κ1) is 19.1. The van der Waals surface area contributed by atoms with E-state index in [1.807, 2.05) is 54.6 Å². The van der Waals surface area contributed by atoms with E-state index < -0.39 is 15.7 Å². The number of hydrogen-bond acceptors (Lipinski definition) is 3. The van der Waals surface area contributed by atoms with E-state index in [0.29, 0.717) is 6.42 Å². The zero-order valence-corrected chi connectivity index (χ0v) is 16.3. The summed E-state index contributed by atoms with van der Waals surface area (Å²) in [6.45, 7) is 0. The molecule has 0 saturated carbocycles. The summed E-state index contributed by atoms with van der Waals surface area (Å²) >= 11 is 17.9. The SMILES string of the molecule is COc1ccc([C@H]2C=C(C(Cl)(Cl)Cl)OC(=O)[C@H]2Cc2ccccc2)cc1. The molecule has 136 valence electrons. The van der Waals surface area contributed by atoms with Gasteiger partial charge in [-0.2, -0.15) is 0 Å². The molecule has 2 aromatic rings. The molecule has 0 fully saturated rings. The molecule has 0 amide bonds. The number of carbonyl (C=O) groups excluding carboxylic acids is 1. The standard InChI is InChI=1S/C20H17Cl3O3/c1-25-15-9-7-14(8-10-15)16-12-18(20(21,22)23)26-19(24)17(16)11-13-5-3-2-4-6-13/h2-10,12,16-17H,11H2,1H3/t16-,17+/m1/s1. The molecule has 0 saturated heterocycles. The van der Waals surface area contributed by atoms with Crippen LogP contribution >= 0.6 is 34.8 Å². The van der Waals surface area contributed by atoms with Crippen molar-refractivity contribution < 1.29 is 14.3 Å². The number of halogens is 3. The van der Waals surface area contributed by atoms with E-state index in [2.05, 4.69) is 0 Å². The van der Waals surface area contributed by atoms with Crippen LogP contribution in [-0.4, -0.2) is 16.9 Å². The predicted octanol–water partition coefficient (Wildman–Crippen LogP) is 5.45. The summed E-state index contributed by atoms with van der Waals surface area (Å²) < 4.78 is 8.75. The van der Waals surface area contributed by atoms with Gasteiger partial charge in [0, 0.05) is 5.92 Å². The summed E-state index contributed by atoms with van der Waals surface area (Å²) in [5.74, 6) is -0.316. The Bertz CT molecular complexity index is 795. The topological polar surface area (TPSA) is 35.5 Å². The second-order valence-corrected chi connectivity index (χ2v) is 8.33. The van der Waals surface area contributed by atoms with Crippen LogP contribution in [0, 0.1) is 5.92 Å². The minimum Gasteiger partial charge on any atom is -0.497 e. The lowest BCUT2D eigenvalue weighted by Gasteiger charge is -2.31. The lowest BCUT2D eigenvalue weighted by atomic mass is 9.80. The van der Waals surface area contributed by atoms with Crippen LogP contribution in [0.15, 0.2) is 66.4 Å². The number of methoxy groups -OCH3 is 1. The zero-order chi connectivity index (χ0) is 18.7. The molecule has 0 aliphatic carbocycles. The van der Waals surface area contributed by atoms with Crippen LogP contribution in [0.3, 0.4) is 0 Å². The average molecular weight is 412 g/mol. The maximum Gasteiger partial charge on any atom is 0.315 e. The van der Waals surface area contributed by atoms with Crippen molar-refractivity contribution in [3.63, 3.8) is 0 Å². The summed E-state index contributed by atoms with van der Waals surface area (Å²) in [5, 5.41) is 0. The first-order chi connectivity index (χ1) is 12.4. The van der Waals surface area contributed by atoms with E-state index in [1.165, 1.54) is 0 Å². The Morgan fingerprint density at radius 2 is 1.69 bits per heavy atom. The highest BCUT2D eigenvalue weighted by Crippen LogP contribution is 2.43. The van der Waals surface area contributed by atoms with Crippen LogP contribution in [0.1, 0.15) is 17.0 Å². The smallest absolute Gasteiger partial charge is 0.315 e. The van der Waals surface area contributed by atoms with Crippen molar-refractivity contribution in [1.82, 2.24) is 0 Å². The van der Waals surface area contributed by atoms with E-state index >= 15 is 0 Å². The second-order valence-electron chi connectivity index (χ2n) is 6.04. The number of ether oxygens (including phenoxy) is 2. The van der Waals surface area contributed by atoms with Gasteiger partial charge in [-0.05, 0) is 35.8 Å². The van der Waals surface area contributed by atoms with Gasteiger partial charge in [-0.3, -0.25) is 4.79 Å². The van der Waals surface area contributed by atoms with Crippen LogP contribution in [0.2, 0.25) is 0 Å². The van der Waals surface area contributed by atoms with Gasteiger partial charge in [0.05, 0.1) is 13.0 Å². The van der Waals surface area contributed by atoms with Crippen molar-refractivity contribution in [1.29, 1.82) is 0 Å². The summed E-state index contributed by atoms with van der Waals surface area (Å²) in [5.41, 5.74) is 1.97. The number of benzene rings is 2. The lowest BCUT2D eigenvalue weighted by Crippen LogP contribution is -2.32. The third-order valence-corrected chi connectivity index (χ3v) is 4.92. The lowest BCUT2D eigenvalue weighted by molar-refractivity contribution is -0.146. The van der Waals surface area contributed by atoms with Crippen molar-refractivity contribution in [3.05, 3.63) is 77.6 Å². The number of hydrogen-bond donors (Lipinski definition) is 0. The molecule has 3 nitrogen and oxygen atoms in total. The molecule has 1 aliphatic rings. The number of allylic oxidation sites excluding steroid dienone is 2. The molecule has 1 aliphatic heterocycles. The predicted molar refractivity (Wildman–Crippen MR) is 104 cm³/mol. The number of esters is 1. The maximum absolute atomic E-state index is 12.7. The van der Waals surface area contributed by atoms with E-state index in [9.17, 15) is 4.79 Å². The highest BCUT2D eigenvalue weighted by atomic mass is 35.6. The minimum atomic E-state index is -1.79. The van der Waals surface area contributed by atoms with E-state index in [1.54, 1.807) is 13.2 Å². The second kappa shape index (κ2) is 7.91. The third-order valence-electron chi connectivity index (χ3n) is 4.36. The first-order valence-electron chi connectivity index (χ1n) is 8.07. The third kappa shape index (κ3) is 4.35. The average Bonchev–Trinajstić information content (AvgIpc) is 2.63. The highest BCUT2D eigenvalue weighted by molar-refractivity contribution is 6.69. The molecule has 6 heteroatoms. The summed E-state index contributed by atoms with van der Waals surface area (Å²) in [7, 11) is 1.60. The van der Waals surface area contributed by atoms with Gasteiger partial charge in [-0.25, -0.2) is 0 Å². The van der Waals surface area contributed by atoms with E-state index in [-0.39, 0.29) is 11.7 Å². The normalized spacial score (nSPS) is 20.3. The molecule has 0 bridgehead atoms. The molecule has 0 N–H and O–H groups in total. The Labute approximate surface area is 167 Å². The van der Waals surface area contributed by atoms with Crippen molar-refractivity contribution in [3.8, 4) is 5.75 Å². The van der Waals surface area contributed by atoms with Crippen LogP contribution < -0.4 is 4.74 Å². The minimum absolute atomic E-state index is 0.0395. The maximum atomic E-state index is 12.7. The molecule has 3 rings (SSSR count). The fraction of sp³-hybridized carbons (Fsp3) is 0.250. The van der Waals surface area contributed by atoms with Gasteiger partial charge in [-0.1, -0.05) is 77.3 Å². The molecular formula is C20H17Cl3O3. The van der Waals surface area contributed by atoms with Crippen LogP contribution in [0.25, 0.3) is 0 Å². The monoisotopic (exact) mass is 410 g/mol. The number of cyclic esters (lactones) is 1. The van der Waals surface area contributed by atoms with Gasteiger partial charge in [0.15, 0.2) is 5.76 Å². The molecule has 0 aromatic heterocycles. The Hall–Kier alpha value is -1.68. The molecular weight excluding hydrogens is 395 g/mol. The van der Waals surface area contributed by atoms with Crippen LogP contribution in [-0.2, 0) is 16.0 Å². The van der Waals surface area contributed by atoms with Gasteiger partial charge in [-0.15, -0.1) is 0 Å². The fourth-order valence-electron chi connectivity index (χ4n) is 3.03. The van der Waals surface area contributed by atoms with Gasteiger partial charge < -0.3 is 9.47 Å².